The lowest BCUT2D eigenvalue weighted by molar-refractivity contribution is -0.134. The maximum absolute atomic E-state index is 12.1. The standard InChI is InChI=1S/C17H22N6O2/c1-11(2)17(25)23-7-5-22(6-8-23)14-10-20-16-15(21-14)12(9-19-16)3-4-13(18)24/h3-4,9-11H,5-8H2,1-2H3,(H2,18,24)(H,19,20). The molecule has 1 fully saturated rings. The van der Waals surface area contributed by atoms with Crippen LogP contribution in [0.2, 0.25) is 0 Å². The molecule has 0 radical (unpaired) electrons. The highest BCUT2D eigenvalue weighted by molar-refractivity contribution is 5.93. The first-order valence-electron chi connectivity index (χ1n) is 8.31. The van der Waals surface area contributed by atoms with E-state index in [1.54, 1.807) is 18.5 Å². The van der Waals surface area contributed by atoms with Gasteiger partial charge in [0.1, 0.15) is 11.3 Å². The molecule has 3 heterocycles. The molecule has 2 aromatic rings. The topological polar surface area (TPSA) is 108 Å². The number of primary amides is 1. The van der Waals surface area contributed by atoms with Crippen molar-refractivity contribution in [1.82, 2.24) is 19.9 Å². The normalized spacial score (nSPS) is 15.5. The summed E-state index contributed by atoms with van der Waals surface area (Å²) in [7, 11) is 0. The molecule has 8 nitrogen and oxygen atoms in total. The SMILES string of the molecule is CC(C)C(=O)N1CCN(c2cnc3[nH]cc(C=CC(N)=O)c3n2)CC1. The summed E-state index contributed by atoms with van der Waals surface area (Å²) >= 11 is 0. The van der Waals surface area contributed by atoms with Gasteiger partial charge in [-0.2, -0.15) is 0 Å². The number of amides is 2. The van der Waals surface area contributed by atoms with Gasteiger partial charge in [0.15, 0.2) is 5.65 Å². The Morgan fingerprint density at radius 1 is 1.28 bits per heavy atom. The number of carbonyl (C=O) groups excluding carboxylic acids is 2. The van der Waals surface area contributed by atoms with Crippen LogP contribution < -0.4 is 10.6 Å². The lowest BCUT2D eigenvalue weighted by Gasteiger charge is -2.36. The van der Waals surface area contributed by atoms with E-state index >= 15 is 0 Å². The van der Waals surface area contributed by atoms with E-state index in [0.29, 0.717) is 24.3 Å². The summed E-state index contributed by atoms with van der Waals surface area (Å²) in [6.07, 6.45) is 6.39. The molecular formula is C17H22N6O2. The van der Waals surface area contributed by atoms with E-state index in [9.17, 15) is 9.59 Å². The van der Waals surface area contributed by atoms with Gasteiger partial charge in [-0.05, 0) is 6.08 Å². The first-order chi connectivity index (χ1) is 12.0. The number of hydrogen-bond acceptors (Lipinski definition) is 5. The molecule has 3 N–H and O–H groups in total. The fraction of sp³-hybridized carbons (Fsp3) is 0.412. The van der Waals surface area contributed by atoms with Gasteiger partial charge in [-0.15, -0.1) is 0 Å². The number of nitrogens with zero attached hydrogens (tertiary/aromatic N) is 4. The molecule has 1 saturated heterocycles. The molecule has 0 aliphatic carbocycles. The van der Waals surface area contributed by atoms with Crippen molar-refractivity contribution in [3.63, 3.8) is 0 Å². The number of hydrogen-bond donors (Lipinski definition) is 2. The third-order valence-corrected chi connectivity index (χ3v) is 4.23. The highest BCUT2D eigenvalue weighted by Crippen LogP contribution is 2.21. The monoisotopic (exact) mass is 342 g/mol. The number of rotatable bonds is 4. The van der Waals surface area contributed by atoms with Crippen molar-refractivity contribution >= 4 is 34.9 Å². The van der Waals surface area contributed by atoms with Crippen molar-refractivity contribution < 1.29 is 9.59 Å². The van der Waals surface area contributed by atoms with Gasteiger partial charge in [0.05, 0.1) is 6.20 Å². The van der Waals surface area contributed by atoms with E-state index < -0.39 is 5.91 Å². The molecule has 2 aromatic heterocycles. The molecule has 132 valence electrons. The van der Waals surface area contributed by atoms with Crippen LogP contribution in [-0.2, 0) is 9.59 Å². The lowest BCUT2D eigenvalue weighted by Crippen LogP contribution is -2.50. The van der Waals surface area contributed by atoms with E-state index in [1.165, 1.54) is 6.08 Å². The third kappa shape index (κ3) is 3.62. The van der Waals surface area contributed by atoms with E-state index in [0.717, 1.165) is 24.5 Å². The van der Waals surface area contributed by atoms with E-state index in [2.05, 4.69) is 19.9 Å². The summed E-state index contributed by atoms with van der Waals surface area (Å²) in [5.41, 5.74) is 7.25. The Morgan fingerprint density at radius 2 is 2.00 bits per heavy atom. The Hall–Kier alpha value is -2.90. The zero-order valence-electron chi connectivity index (χ0n) is 14.4. The highest BCUT2D eigenvalue weighted by Gasteiger charge is 2.23. The Kier molecular flexibility index (Phi) is 4.69. The second-order valence-corrected chi connectivity index (χ2v) is 6.37. The quantitative estimate of drug-likeness (QED) is 0.798. The van der Waals surface area contributed by atoms with Gasteiger partial charge in [0.25, 0.3) is 0 Å². The Morgan fingerprint density at radius 3 is 2.64 bits per heavy atom. The Bertz CT molecular complexity index is 818. The third-order valence-electron chi connectivity index (χ3n) is 4.23. The summed E-state index contributed by atoms with van der Waals surface area (Å²) in [5.74, 6) is 0.453. The van der Waals surface area contributed by atoms with Crippen molar-refractivity contribution in [2.75, 3.05) is 31.1 Å². The van der Waals surface area contributed by atoms with E-state index in [1.807, 2.05) is 18.7 Å². The molecule has 0 unspecified atom stereocenters. The van der Waals surface area contributed by atoms with Crippen LogP contribution in [0.15, 0.2) is 18.5 Å². The van der Waals surface area contributed by atoms with Crippen LogP contribution in [-0.4, -0.2) is 57.8 Å². The van der Waals surface area contributed by atoms with E-state index in [-0.39, 0.29) is 11.8 Å². The zero-order valence-corrected chi connectivity index (χ0v) is 14.4. The number of H-pyrrole nitrogens is 1. The van der Waals surface area contributed by atoms with Gasteiger partial charge in [0, 0.05) is 49.9 Å². The predicted octanol–water partition coefficient (Wildman–Crippen LogP) is 0.761. The smallest absolute Gasteiger partial charge is 0.241 e. The molecule has 3 rings (SSSR count). The fourth-order valence-corrected chi connectivity index (χ4v) is 2.87. The molecule has 0 spiro atoms. The summed E-state index contributed by atoms with van der Waals surface area (Å²) < 4.78 is 0. The van der Waals surface area contributed by atoms with Crippen molar-refractivity contribution in [2.24, 2.45) is 11.7 Å². The second-order valence-electron chi connectivity index (χ2n) is 6.37. The molecule has 8 heteroatoms. The molecule has 0 bridgehead atoms. The minimum atomic E-state index is -0.510. The van der Waals surface area contributed by atoms with Gasteiger partial charge in [0.2, 0.25) is 11.8 Å². The fourth-order valence-electron chi connectivity index (χ4n) is 2.87. The van der Waals surface area contributed by atoms with Gasteiger partial charge in [-0.1, -0.05) is 13.8 Å². The van der Waals surface area contributed by atoms with Crippen molar-refractivity contribution in [3.8, 4) is 0 Å². The summed E-state index contributed by atoms with van der Waals surface area (Å²) in [4.78, 5) is 39.1. The number of aromatic nitrogens is 3. The van der Waals surface area contributed by atoms with Crippen LogP contribution in [0.1, 0.15) is 19.4 Å². The second kappa shape index (κ2) is 6.92. The zero-order chi connectivity index (χ0) is 18.0. The van der Waals surface area contributed by atoms with Crippen LogP contribution in [0.25, 0.3) is 17.2 Å². The maximum atomic E-state index is 12.1. The number of carbonyl (C=O) groups is 2. The first kappa shape index (κ1) is 16.9. The van der Waals surface area contributed by atoms with Gasteiger partial charge < -0.3 is 20.5 Å². The molecule has 2 amide bonds. The van der Waals surface area contributed by atoms with Gasteiger partial charge in [-0.25, -0.2) is 9.97 Å². The number of piperazine rings is 1. The van der Waals surface area contributed by atoms with Crippen LogP contribution in [0.3, 0.4) is 0 Å². The van der Waals surface area contributed by atoms with Crippen molar-refractivity contribution in [2.45, 2.75) is 13.8 Å². The van der Waals surface area contributed by atoms with Crippen LogP contribution in [0.5, 0.6) is 0 Å². The number of aromatic amines is 1. The maximum Gasteiger partial charge on any atom is 0.241 e. The molecule has 1 aliphatic rings. The number of nitrogens with one attached hydrogen (secondary N) is 1. The minimum Gasteiger partial charge on any atom is -0.366 e. The Labute approximate surface area is 145 Å². The summed E-state index contributed by atoms with van der Waals surface area (Å²) in [6, 6.07) is 0. The summed E-state index contributed by atoms with van der Waals surface area (Å²) in [5, 5.41) is 0. The molecular weight excluding hydrogens is 320 g/mol. The predicted molar refractivity (Wildman–Crippen MR) is 95.7 cm³/mol. The summed E-state index contributed by atoms with van der Waals surface area (Å²) in [6.45, 7) is 6.63. The van der Waals surface area contributed by atoms with Crippen LogP contribution in [0, 0.1) is 5.92 Å². The molecule has 0 aromatic carbocycles. The molecule has 1 aliphatic heterocycles. The number of anilines is 1. The minimum absolute atomic E-state index is 0.0159. The molecule has 0 atom stereocenters. The van der Waals surface area contributed by atoms with Crippen molar-refractivity contribution in [3.05, 3.63) is 24.0 Å². The largest absolute Gasteiger partial charge is 0.366 e. The van der Waals surface area contributed by atoms with Crippen LogP contribution >= 0.6 is 0 Å². The average molecular weight is 342 g/mol. The van der Waals surface area contributed by atoms with E-state index in [4.69, 9.17) is 5.73 Å². The average Bonchev–Trinajstić information content (AvgIpc) is 3.01. The lowest BCUT2D eigenvalue weighted by atomic mass is 10.1. The molecule has 0 saturated carbocycles. The number of nitrogens with two attached hydrogens (primary N) is 1. The van der Waals surface area contributed by atoms with Crippen LogP contribution in [0.4, 0.5) is 5.82 Å². The first-order valence-corrected chi connectivity index (χ1v) is 8.31. The number of fused-ring (bicyclic) bond motifs is 1. The highest BCUT2D eigenvalue weighted by atomic mass is 16.2. The van der Waals surface area contributed by atoms with Crippen molar-refractivity contribution in [1.29, 1.82) is 0 Å². The molecule has 25 heavy (non-hydrogen) atoms. The van der Waals surface area contributed by atoms with Gasteiger partial charge in [-0.3, -0.25) is 9.59 Å². The van der Waals surface area contributed by atoms with Gasteiger partial charge >= 0.3 is 0 Å². The Balaban J connectivity index is 1.77.